The fourth-order valence-electron chi connectivity index (χ4n) is 1.45. The fourth-order valence-corrected chi connectivity index (χ4v) is 3.05. The van der Waals surface area contributed by atoms with Crippen LogP contribution in [0.15, 0.2) is 0 Å². The average molecular weight is 207 g/mol. The maximum absolute atomic E-state index is 11.2. The van der Waals surface area contributed by atoms with Gasteiger partial charge in [0.1, 0.15) is 0 Å². The molecular formula is C8H17NO3S. The summed E-state index contributed by atoms with van der Waals surface area (Å²) < 4.78 is 27.8. The highest BCUT2D eigenvalue weighted by atomic mass is 32.2. The van der Waals surface area contributed by atoms with Crippen LogP contribution in [0.4, 0.5) is 0 Å². The molecule has 0 aromatic carbocycles. The molecule has 1 atom stereocenters. The standard InChI is InChI=1S/C8H17NO3S/c9-4-2-5-12-8-3-1-6-13(10,11)7-8/h8H,1-7,9H2. The van der Waals surface area contributed by atoms with Crippen LogP contribution < -0.4 is 5.73 Å². The minimum absolute atomic E-state index is 0.0923. The Morgan fingerprint density at radius 2 is 2.23 bits per heavy atom. The van der Waals surface area contributed by atoms with Gasteiger partial charge in [-0.2, -0.15) is 0 Å². The molecule has 1 saturated heterocycles. The predicted molar refractivity (Wildman–Crippen MR) is 51.3 cm³/mol. The van der Waals surface area contributed by atoms with E-state index in [9.17, 15) is 8.42 Å². The molecule has 1 unspecified atom stereocenters. The lowest BCUT2D eigenvalue weighted by Crippen LogP contribution is -2.31. The van der Waals surface area contributed by atoms with E-state index in [0.29, 0.717) is 18.9 Å². The van der Waals surface area contributed by atoms with E-state index in [0.717, 1.165) is 19.3 Å². The van der Waals surface area contributed by atoms with Gasteiger partial charge in [-0.3, -0.25) is 0 Å². The SMILES string of the molecule is NCCCOC1CCCS(=O)(=O)C1. The Hall–Kier alpha value is -0.130. The van der Waals surface area contributed by atoms with Gasteiger partial charge in [0.25, 0.3) is 0 Å². The van der Waals surface area contributed by atoms with E-state index in [-0.39, 0.29) is 11.9 Å². The summed E-state index contributed by atoms with van der Waals surface area (Å²) in [7, 11) is -2.83. The molecule has 0 aromatic heterocycles. The molecule has 1 rings (SSSR count). The third-order valence-electron chi connectivity index (χ3n) is 2.12. The van der Waals surface area contributed by atoms with Crippen LogP contribution in [-0.2, 0) is 14.6 Å². The van der Waals surface area contributed by atoms with Crippen LogP contribution in [0.1, 0.15) is 19.3 Å². The van der Waals surface area contributed by atoms with Crippen molar-refractivity contribution in [1.29, 1.82) is 0 Å². The zero-order valence-electron chi connectivity index (χ0n) is 7.74. The molecular weight excluding hydrogens is 190 g/mol. The largest absolute Gasteiger partial charge is 0.377 e. The summed E-state index contributed by atoms with van der Waals surface area (Å²) in [5.74, 6) is 0.515. The molecule has 1 aliphatic rings. The summed E-state index contributed by atoms with van der Waals surface area (Å²) in [5, 5.41) is 0. The summed E-state index contributed by atoms with van der Waals surface area (Å²) in [6.45, 7) is 1.18. The second-order valence-corrected chi connectivity index (χ2v) is 5.62. The Balaban J connectivity index is 2.27. The Morgan fingerprint density at radius 3 is 2.85 bits per heavy atom. The topological polar surface area (TPSA) is 69.4 Å². The summed E-state index contributed by atoms with van der Waals surface area (Å²) in [4.78, 5) is 0. The molecule has 0 saturated carbocycles. The van der Waals surface area contributed by atoms with Gasteiger partial charge in [0, 0.05) is 6.61 Å². The minimum atomic E-state index is -2.83. The summed E-state index contributed by atoms with van der Waals surface area (Å²) in [6.07, 6.45) is 2.31. The van der Waals surface area contributed by atoms with Gasteiger partial charge < -0.3 is 10.5 Å². The molecule has 0 aliphatic carbocycles. The molecule has 1 heterocycles. The van der Waals surface area contributed by atoms with Crippen LogP contribution in [0.2, 0.25) is 0 Å². The van der Waals surface area contributed by atoms with Gasteiger partial charge >= 0.3 is 0 Å². The first-order valence-electron chi connectivity index (χ1n) is 4.66. The van der Waals surface area contributed by atoms with Crippen LogP contribution in [0.25, 0.3) is 0 Å². The molecule has 78 valence electrons. The van der Waals surface area contributed by atoms with E-state index in [1.807, 2.05) is 0 Å². The zero-order valence-corrected chi connectivity index (χ0v) is 8.55. The molecule has 4 nitrogen and oxygen atoms in total. The van der Waals surface area contributed by atoms with E-state index < -0.39 is 9.84 Å². The smallest absolute Gasteiger partial charge is 0.152 e. The zero-order chi connectivity index (χ0) is 9.73. The van der Waals surface area contributed by atoms with Gasteiger partial charge in [-0.05, 0) is 25.8 Å². The van der Waals surface area contributed by atoms with Crippen LogP contribution in [-0.4, -0.2) is 39.2 Å². The van der Waals surface area contributed by atoms with Gasteiger partial charge in [0.05, 0.1) is 17.6 Å². The summed E-state index contributed by atoms with van der Waals surface area (Å²) >= 11 is 0. The first-order chi connectivity index (χ1) is 6.14. The lowest BCUT2D eigenvalue weighted by molar-refractivity contribution is 0.0590. The molecule has 0 bridgehead atoms. The van der Waals surface area contributed by atoms with Crippen LogP contribution >= 0.6 is 0 Å². The molecule has 2 N–H and O–H groups in total. The molecule has 1 aliphatic heterocycles. The van der Waals surface area contributed by atoms with Crippen LogP contribution in [0.3, 0.4) is 0 Å². The Bertz CT molecular complexity index is 238. The lowest BCUT2D eigenvalue weighted by atomic mass is 10.2. The second kappa shape index (κ2) is 4.93. The second-order valence-electron chi connectivity index (χ2n) is 3.39. The number of rotatable bonds is 4. The van der Waals surface area contributed by atoms with Crippen molar-refractivity contribution in [3.63, 3.8) is 0 Å². The number of nitrogens with two attached hydrogens (primary N) is 1. The highest BCUT2D eigenvalue weighted by Gasteiger charge is 2.24. The van der Waals surface area contributed by atoms with E-state index in [4.69, 9.17) is 10.5 Å². The van der Waals surface area contributed by atoms with Crippen molar-refractivity contribution < 1.29 is 13.2 Å². The first-order valence-corrected chi connectivity index (χ1v) is 6.48. The quantitative estimate of drug-likeness (QED) is 0.655. The van der Waals surface area contributed by atoms with E-state index in [1.54, 1.807) is 0 Å². The van der Waals surface area contributed by atoms with Gasteiger partial charge in [-0.1, -0.05) is 0 Å². The van der Waals surface area contributed by atoms with Crippen molar-refractivity contribution in [3.8, 4) is 0 Å². The predicted octanol–water partition coefficient (Wildman–Crippen LogP) is -0.0710. The highest BCUT2D eigenvalue weighted by molar-refractivity contribution is 7.91. The van der Waals surface area contributed by atoms with E-state index in [1.165, 1.54) is 0 Å². The maximum Gasteiger partial charge on any atom is 0.152 e. The Kier molecular flexibility index (Phi) is 4.15. The minimum Gasteiger partial charge on any atom is -0.377 e. The van der Waals surface area contributed by atoms with Crippen molar-refractivity contribution in [2.24, 2.45) is 5.73 Å². The Labute approximate surface area is 79.4 Å². The van der Waals surface area contributed by atoms with Crippen molar-refractivity contribution in [1.82, 2.24) is 0 Å². The molecule has 13 heavy (non-hydrogen) atoms. The van der Waals surface area contributed by atoms with E-state index in [2.05, 4.69) is 0 Å². The molecule has 1 fully saturated rings. The van der Waals surface area contributed by atoms with Crippen molar-refractivity contribution in [2.75, 3.05) is 24.7 Å². The normalized spacial score (nSPS) is 27.3. The van der Waals surface area contributed by atoms with Crippen molar-refractivity contribution in [2.45, 2.75) is 25.4 Å². The molecule has 5 heteroatoms. The third-order valence-corrected chi connectivity index (χ3v) is 3.91. The van der Waals surface area contributed by atoms with Crippen LogP contribution in [0, 0.1) is 0 Å². The highest BCUT2D eigenvalue weighted by Crippen LogP contribution is 2.14. The van der Waals surface area contributed by atoms with Crippen molar-refractivity contribution in [3.05, 3.63) is 0 Å². The fraction of sp³-hybridized carbons (Fsp3) is 1.00. The number of ether oxygens (including phenoxy) is 1. The lowest BCUT2D eigenvalue weighted by Gasteiger charge is -2.22. The first kappa shape index (κ1) is 10.9. The maximum atomic E-state index is 11.2. The Morgan fingerprint density at radius 1 is 1.46 bits per heavy atom. The van der Waals surface area contributed by atoms with E-state index >= 15 is 0 Å². The molecule has 0 spiro atoms. The number of hydrogen-bond acceptors (Lipinski definition) is 4. The summed E-state index contributed by atoms with van der Waals surface area (Å²) in [5.41, 5.74) is 5.30. The van der Waals surface area contributed by atoms with Crippen molar-refractivity contribution >= 4 is 9.84 Å². The third kappa shape index (κ3) is 4.06. The molecule has 0 aromatic rings. The van der Waals surface area contributed by atoms with Gasteiger partial charge in [-0.15, -0.1) is 0 Å². The molecule has 0 radical (unpaired) electrons. The number of hydrogen-bond donors (Lipinski definition) is 1. The van der Waals surface area contributed by atoms with Gasteiger partial charge in [0.2, 0.25) is 0 Å². The average Bonchev–Trinajstić information content (AvgIpc) is 2.03. The van der Waals surface area contributed by atoms with Gasteiger partial charge in [0.15, 0.2) is 9.84 Å². The monoisotopic (exact) mass is 207 g/mol. The molecule has 0 amide bonds. The number of sulfone groups is 1. The van der Waals surface area contributed by atoms with Gasteiger partial charge in [-0.25, -0.2) is 8.42 Å². The summed E-state index contributed by atoms with van der Waals surface area (Å²) in [6, 6.07) is 0. The van der Waals surface area contributed by atoms with Crippen LogP contribution in [0.5, 0.6) is 0 Å².